The molecule has 0 saturated heterocycles. The second-order valence-electron chi connectivity index (χ2n) is 5.17. The van der Waals surface area contributed by atoms with Crippen molar-refractivity contribution in [2.24, 2.45) is 5.92 Å². The molecule has 1 aromatic rings. The van der Waals surface area contributed by atoms with Crippen LogP contribution in [0.2, 0.25) is 0 Å². The van der Waals surface area contributed by atoms with Gasteiger partial charge in [0.05, 0.1) is 11.3 Å². The molecule has 0 aromatic heterocycles. The van der Waals surface area contributed by atoms with Gasteiger partial charge in [-0.15, -0.1) is 0 Å². The van der Waals surface area contributed by atoms with Gasteiger partial charge in [-0.1, -0.05) is 42.1 Å². The normalized spacial score (nSPS) is 24.1. The van der Waals surface area contributed by atoms with Gasteiger partial charge in [0, 0.05) is 10.5 Å². The first-order valence-electron chi connectivity index (χ1n) is 6.67. The maximum Gasteiger partial charge on any atom is 0.101 e. The van der Waals surface area contributed by atoms with Gasteiger partial charge in [-0.2, -0.15) is 5.26 Å². The zero-order valence-electron chi connectivity index (χ0n) is 10.7. The molecule has 0 amide bonds. The minimum atomic E-state index is 0.501. The Kier molecular flexibility index (Phi) is 4.66. The third kappa shape index (κ3) is 3.26. The van der Waals surface area contributed by atoms with Crippen molar-refractivity contribution in [2.75, 3.05) is 5.32 Å². The van der Waals surface area contributed by atoms with Gasteiger partial charge in [-0.25, -0.2) is 0 Å². The van der Waals surface area contributed by atoms with Crippen LogP contribution in [0, 0.1) is 17.2 Å². The van der Waals surface area contributed by atoms with Crippen molar-refractivity contribution in [2.45, 2.75) is 45.1 Å². The number of hydrogen-bond acceptors (Lipinski definition) is 2. The van der Waals surface area contributed by atoms with Crippen molar-refractivity contribution in [1.29, 1.82) is 5.26 Å². The van der Waals surface area contributed by atoms with Crippen LogP contribution in [0.25, 0.3) is 0 Å². The second-order valence-corrected chi connectivity index (χ2v) is 6.08. The van der Waals surface area contributed by atoms with Gasteiger partial charge in [-0.05, 0) is 37.0 Å². The Morgan fingerprint density at radius 3 is 2.83 bits per heavy atom. The van der Waals surface area contributed by atoms with Crippen LogP contribution in [0.3, 0.4) is 0 Å². The topological polar surface area (TPSA) is 35.8 Å². The van der Waals surface area contributed by atoms with Gasteiger partial charge >= 0.3 is 0 Å². The maximum atomic E-state index is 9.18. The Bertz CT molecular complexity index is 450. The highest BCUT2D eigenvalue weighted by molar-refractivity contribution is 9.10. The third-order valence-electron chi connectivity index (χ3n) is 3.80. The number of benzene rings is 1. The zero-order valence-corrected chi connectivity index (χ0v) is 12.3. The van der Waals surface area contributed by atoms with E-state index < -0.39 is 0 Å². The van der Waals surface area contributed by atoms with E-state index in [4.69, 9.17) is 0 Å². The number of nitriles is 1. The first-order chi connectivity index (χ1) is 8.70. The fourth-order valence-electron chi connectivity index (χ4n) is 2.64. The summed E-state index contributed by atoms with van der Waals surface area (Å²) in [5, 5.41) is 12.8. The van der Waals surface area contributed by atoms with E-state index >= 15 is 0 Å². The van der Waals surface area contributed by atoms with E-state index in [-0.39, 0.29) is 0 Å². The lowest BCUT2D eigenvalue weighted by molar-refractivity contribution is 0.456. The molecule has 2 atom stereocenters. The molecule has 0 radical (unpaired) electrons. The van der Waals surface area contributed by atoms with Crippen molar-refractivity contribution in [1.82, 2.24) is 0 Å². The number of rotatable bonds is 2. The predicted octanol–water partition coefficient (Wildman–Crippen LogP) is 4.70. The smallest absolute Gasteiger partial charge is 0.101 e. The summed E-state index contributed by atoms with van der Waals surface area (Å²) in [5.74, 6) is 0.683. The van der Waals surface area contributed by atoms with Crippen LogP contribution in [0.1, 0.15) is 44.6 Å². The lowest BCUT2D eigenvalue weighted by atomic mass is 9.96. The van der Waals surface area contributed by atoms with E-state index in [1.807, 2.05) is 18.2 Å². The highest BCUT2D eigenvalue weighted by atomic mass is 79.9. The Morgan fingerprint density at radius 2 is 2.06 bits per heavy atom. The zero-order chi connectivity index (χ0) is 13.0. The van der Waals surface area contributed by atoms with Crippen molar-refractivity contribution >= 4 is 21.6 Å². The number of nitrogens with one attached hydrogen (secondary N) is 1. The molecule has 96 valence electrons. The SMILES string of the molecule is CC1CCCCCC1Nc1ccc(Br)cc1C#N. The van der Waals surface area contributed by atoms with Crippen molar-refractivity contribution in [3.05, 3.63) is 28.2 Å². The van der Waals surface area contributed by atoms with Gasteiger partial charge in [-0.3, -0.25) is 0 Å². The molecule has 1 fully saturated rings. The molecule has 2 rings (SSSR count). The second kappa shape index (κ2) is 6.24. The van der Waals surface area contributed by atoms with Crippen molar-refractivity contribution < 1.29 is 0 Å². The number of halogens is 1. The van der Waals surface area contributed by atoms with E-state index in [2.05, 4.69) is 34.2 Å². The molecule has 1 saturated carbocycles. The summed E-state index contributed by atoms with van der Waals surface area (Å²) in [6.45, 7) is 2.31. The molecular weight excluding hydrogens is 288 g/mol. The number of nitrogens with zero attached hydrogens (tertiary/aromatic N) is 1. The van der Waals surface area contributed by atoms with Crippen LogP contribution in [-0.2, 0) is 0 Å². The fourth-order valence-corrected chi connectivity index (χ4v) is 3.00. The number of hydrogen-bond donors (Lipinski definition) is 1. The molecule has 2 unspecified atom stereocenters. The molecule has 2 nitrogen and oxygen atoms in total. The van der Waals surface area contributed by atoms with Gasteiger partial charge in [0.15, 0.2) is 0 Å². The molecule has 0 aliphatic heterocycles. The minimum Gasteiger partial charge on any atom is -0.381 e. The van der Waals surface area contributed by atoms with Crippen LogP contribution < -0.4 is 5.32 Å². The quantitative estimate of drug-likeness (QED) is 0.804. The molecule has 1 N–H and O–H groups in total. The monoisotopic (exact) mass is 306 g/mol. The highest BCUT2D eigenvalue weighted by Crippen LogP contribution is 2.28. The molecule has 0 heterocycles. The van der Waals surface area contributed by atoms with Crippen molar-refractivity contribution in [3.63, 3.8) is 0 Å². The van der Waals surface area contributed by atoms with Crippen LogP contribution in [0.15, 0.2) is 22.7 Å². The van der Waals surface area contributed by atoms with E-state index in [1.54, 1.807) is 0 Å². The largest absolute Gasteiger partial charge is 0.381 e. The van der Waals surface area contributed by atoms with Gasteiger partial charge in [0.25, 0.3) is 0 Å². The number of anilines is 1. The highest BCUT2D eigenvalue weighted by Gasteiger charge is 2.20. The standard InChI is InChI=1S/C15H19BrN2/c1-11-5-3-2-4-6-14(11)18-15-8-7-13(16)9-12(15)10-17/h7-9,11,14,18H,2-6H2,1H3. The lowest BCUT2D eigenvalue weighted by Gasteiger charge is -2.24. The first kappa shape index (κ1) is 13.4. The summed E-state index contributed by atoms with van der Waals surface area (Å²) < 4.78 is 0.957. The van der Waals surface area contributed by atoms with Crippen LogP contribution in [-0.4, -0.2) is 6.04 Å². The van der Waals surface area contributed by atoms with E-state index in [0.717, 1.165) is 15.7 Å². The summed E-state index contributed by atoms with van der Waals surface area (Å²) in [5.41, 5.74) is 1.69. The summed E-state index contributed by atoms with van der Waals surface area (Å²) in [6.07, 6.45) is 6.47. The molecule has 3 heteroatoms. The van der Waals surface area contributed by atoms with Crippen LogP contribution >= 0.6 is 15.9 Å². The average Bonchev–Trinajstić information content (AvgIpc) is 2.57. The summed E-state index contributed by atoms with van der Waals surface area (Å²) in [6, 6.07) is 8.63. The molecule has 0 spiro atoms. The molecule has 1 aliphatic carbocycles. The maximum absolute atomic E-state index is 9.18. The summed E-state index contributed by atoms with van der Waals surface area (Å²) in [4.78, 5) is 0. The molecule has 1 aromatic carbocycles. The van der Waals surface area contributed by atoms with Crippen LogP contribution in [0.5, 0.6) is 0 Å². The average molecular weight is 307 g/mol. The fraction of sp³-hybridized carbons (Fsp3) is 0.533. The van der Waals surface area contributed by atoms with Crippen LogP contribution in [0.4, 0.5) is 5.69 Å². The first-order valence-corrected chi connectivity index (χ1v) is 7.46. The molecule has 0 bridgehead atoms. The minimum absolute atomic E-state index is 0.501. The summed E-state index contributed by atoms with van der Waals surface area (Å²) >= 11 is 3.41. The van der Waals surface area contributed by atoms with E-state index in [9.17, 15) is 5.26 Å². The van der Waals surface area contributed by atoms with Gasteiger partial charge in [0.2, 0.25) is 0 Å². The Hall–Kier alpha value is -1.01. The molecule has 1 aliphatic rings. The van der Waals surface area contributed by atoms with E-state index in [0.29, 0.717) is 12.0 Å². The Morgan fingerprint density at radius 1 is 1.28 bits per heavy atom. The van der Waals surface area contributed by atoms with E-state index in [1.165, 1.54) is 32.1 Å². The lowest BCUT2D eigenvalue weighted by Crippen LogP contribution is -2.26. The van der Waals surface area contributed by atoms with Crippen molar-refractivity contribution in [3.8, 4) is 6.07 Å². The molecule has 18 heavy (non-hydrogen) atoms. The third-order valence-corrected chi connectivity index (χ3v) is 4.30. The predicted molar refractivity (Wildman–Crippen MR) is 78.5 cm³/mol. The van der Waals surface area contributed by atoms with Gasteiger partial charge < -0.3 is 5.32 Å². The van der Waals surface area contributed by atoms with Gasteiger partial charge in [0.1, 0.15) is 6.07 Å². The summed E-state index contributed by atoms with van der Waals surface area (Å²) in [7, 11) is 0. The Labute approximate surface area is 118 Å². The molecular formula is C15H19BrN2. The Balaban J connectivity index is 2.15.